The molecule has 0 heterocycles. The maximum atomic E-state index is 13.2. The molecule has 0 aliphatic carbocycles. The smallest absolute Gasteiger partial charge is 0.419 e. The van der Waals surface area contributed by atoms with E-state index in [1.165, 1.54) is 6.07 Å². The molecule has 2 nitrogen and oxygen atoms in total. The van der Waals surface area contributed by atoms with Crippen LogP contribution in [-0.4, -0.2) is 6.29 Å². The first-order chi connectivity index (χ1) is 10.4. The Bertz CT molecular complexity index is 648. The Labute approximate surface area is 124 Å². The van der Waals surface area contributed by atoms with Gasteiger partial charge in [-0.3, -0.25) is 0 Å². The number of halogens is 4. The lowest BCUT2D eigenvalue weighted by Gasteiger charge is -2.11. The fraction of sp³-hybridized carbons (Fsp3) is 0.188. The van der Waals surface area contributed by atoms with Crippen LogP contribution in [0.15, 0.2) is 42.5 Å². The highest BCUT2D eigenvalue weighted by atomic mass is 19.4. The molecule has 0 radical (unpaired) electrons. The first-order valence-electron chi connectivity index (χ1n) is 6.41. The molecule has 2 rings (SSSR count). The summed E-state index contributed by atoms with van der Waals surface area (Å²) >= 11 is 0. The van der Waals surface area contributed by atoms with E-state index in [4.69, 9.17) is 4.74 Å². The van der Waals surface area contributed by atoms with Gasteiger partial charge in [0.1, 0.15) is 24.5 Å². The van der Waals surface area contributed by atoms with Gasteiger partial charge in [-0.15, -0.1) is 0 Å². The average Bonchev–Trinajstić information content (AvgIpc) is 2.47. The molecule has 0 atom stereocenters. The van der Waals surface area contributed by atoms with Crippen LogP contribution in [0.1, 0.15) is 16.7 Å². The summed E-state index contributed by atoms with van der Waals surface area (Å²) in [7, 11) is 0. The first-order valence-corrected chi connectivity index (χ1v) is 6.41. The van der Waals surface area contributed by atoms with E-state index in [0.29, 0.717) is 5.75 Å². The van der Waals surface area contributed by atoms with Crippen molar-refractivity contribution < 1.29 is 27.1 Å². The molecule has 116 valence electrons. The molecule has 0 aliphatic heterocycles. The number of ether oxygens (including phenoxy) is 1. The van der Waals surface area contributed by atoms with Crippen molar-refractivity contribution in [3.05, 3.63) is 65.0 Å². The molecule has 22 heavy (non-hydrogen) atoms. The largest absolute Gasteiger partial charge is 0.489 e. The summed E-state index contributed by atoms with van der Waals surface area (Å²) in [6, 6.07) is 9.36. The van der Waals surface area contributed by atoms with E-state index in [1.807, 2.05) is 0 Å². The van der Waals surface area contributed by atoms with Crippen LogP contribution >= 0.6 is 0 Å². The second kappa shape index (κ2) is 6.60. The van der Waals surface area contributed by atoms with E-state index in [9.17, 15) is 22.4 Å². The van der Waals surface area contributed by atoms with Crippen LogP contribution in [0.3, 0.4) is 0 Å². The Morgan fingerprint density at radius 1 is 1.00 bits per heavy atom. The molecule has 0 spiro atoms. The molecule has 6 heteroatoms. The average molecular weight is 312 g/mol. The predicted octanol–water partition coefficient (Wildman–Crippen LogP) is 4.16. The summed E-state index contributed by atoms with van der Waals surface area (Å²) in [6.45, 7) is -0.115. The predicted molar refractivity (Wildman–Crippen MR) is 71.9 cm³/mol. The summed E-state index contributed by atoms with van der Waals surface area (Å²) in [5.74, 6) is -0.859. The van der Waals surface area contributed by atoms with Gasteiger partial charge < -0.3 is 9.53 Å². The summed E-state index contributed by atoms with van der Waals surface area (Å²) in [5, 5.41) is 0. The van der Waals surface area contributed by atoms with Gasteiger partial charge in [0, 0.05) is 6.42 Å². The molecule has 2 aromatic rings. The maximum absolute atomic E-state index is 13.2. The van der Waals surface area contributed by atoms with E-state index < -0.39 is 17.6 Å². The summed E-state index contributed by atoms with van der Waals surface area (Å²) in [5.41, 5.74) is -0.288. The zero-order valence-corrected chi connectivity index (χ0v) is 11.4. The Morgan fingerprint density at radius 3 is 2.23 bits per heavy atom. The molecule has 0 saturated heterocycles. The highest BCUT2D eigenvalue weighted by Gasteiger charge is 2.34. The van der Waals surface area contributed by atoms with Gasteiger partial charge in [-0.2, -0.15) is 13.2 Å². The Hall–Kier alpha value is -2.37. The summed E-state index contributed by atoms with van der Waals surface area (Å²) < 4.78 is 56.3. The minimum atomic E-state index is -4.74. The summed E-state index contributed by atoms with van der Waals surface area (Å²) in [4.78, 5) is 10.4. The van der Waals surface area contributed by atoms with Gasteiger partial charge in [0.05, 0.1) is 5.56 Å². The van der Waals surface area contributed by atoms with Crippen LogP contribution in [0.2, 0.25) is 0 Å². The fourth-order valence-corrected chi connectivity index (χ4v) is 1.86. The molecular formula is C16H12F4O2. The third-order valence-corrected chi connectivity index (χ3v) is 2.98. The van der Waals surface area contributed by atoms with E-state index >= 15 is 0 Å². The van der Waals surface area contributed by atoms with Crippen LogP contribution in [0, 0.1) is 5.82 Å². The zero-order chi connectivity index (χ0) is 16.2. The Balaban J connectivity index is 2.07. The molecule has 0 fully saturated rings. The van der Waals surface area contributed by atoms with Crippen molar-refractivity contribution in [1.82, 2.24) is 0 Å². The van der Waals surface area contributed by atoms with Gasteiger partial charge in [0.15, 0.2) is 0 Å². The van der Waals surface area contributed by atoms with E-state index in [1.54, 1.807) is 24.3 Å². The van der Waals surface area contributed by atoms with Gasteiger partial charge >= 0.3 is 6.18 Å². The third kappa shape index (κ3) is 4.07. The van der Waals surface area contributed by atoms with E-state index in [2.05, 4.69) is 0 Å². The van der Waals surface area contributed by atoms with Gasteiger partial charge in [-0.1, -0.05) is 18.2 Å². The Morgan fingerprint density at radius 2 is 1.64 bits per heavy atom. The number of carbonyl (C=O) groups is 1. The van der Waals surface area contributed by atoms with Crippen molar-refractivity contribution in [1.29, 1.82) is 0 Å². The second-order valence-corrected chi connectivity index (χ2v) is 4.62. The lowest BCUT2D eigenvalue weighted by atomic mass is 10.1. The molecule has 0 saturated carbocycles. The minimum Gasteiger partial charge on any atom is -0.489 e. The zero-order valence-electron chi connectivity index (χ0n) is 11.4. The fourth-order valence-electron chi connectivity index (χ4n) is 1.86. The molecule has 0 amide bonds. The second-order valence-electron chi connectivity index (χ2n) is 4.62. The third-order valence-electron chi connectivity index (χ3n) is 2.98. The lowest BCUT2D eigenvalue weighted by molar-refractivity contribution is -0.140. The number of aldehydes is 1. The van der Waals surface area contributed by atoms with Crippen LogP contribution in [-0.2, 0) is 24.0 Å². The quantitative estimate of drug-likeness (QED) is 0.612. The number of benzene rings is 2. The minimum absolute atomic E-state index is 0.115. The topological polar surface area (TPSA) is 26.3 Å². The Kier molecular flexibility index (Phi) is 4.80. The van der Waals surface area contributed by atoms with Crippen molar-refractivity contribution in [2.75, 3.05) is 0 Å². The van der Waals surface area contributed by atoms with Crippen LogP contribution in [0.5, 0.6) is 5.75 Å². The molecule has 2 aromatic carbocycles. The van der Waals surface area contributed by atoms with Gasteiger partial charge in [0.25, 0.3) is 0 Å². The monoisotopic (exact) mass is 312 g/mol. The molecule has 0 aromatic heterocycles. The number of carbonyl (C=O) groups excluding carboxylic acids is 1. The lowest BCUT2D eigenvalue weighted by Crippen LogP contribution is -2.09. The molecule has 0 unspecified atom stereocenters. The number of alkyl halides is 3. The van der Waals surface area contributed by atoms with Crippen molar-refractivity contribution >= 4 is 6.29 Å². The summed E-state index contributed by atoms with van der Waals surface area (Å²) in [6.07, 6.45) is -3.68. The van der Waals surface area contributed by atoms with Crippen LogP contribution < -0.4 is 4.74 Å². The van der Waals surface area contributed by atoms with E-state index in [0.717, 1.165) is 24.0 Å². The maximum Gasteiger partial charge on any atom is 0.419 e. The van der Waals surface area contributed by atoms with Crippen LogP contribution in [0.4, 0.5) is 17.6 Å². The molecular weight excluding hydrogens is 300 g/mol. The number of hydrogen-bond donors (Lipinski definition) is 0. The first kappa shape index (κ1) is 16.0. The molecule has 0 aliphatic rings. The highest BCUT2D eigenvalue weighted by molar-refractivity contribution is 5.55. The standard InChI is InChI=1S/C16H12F4O2/c17-15-6-3-12(9-14(15)16(18,19)20)10-22-13-4-1-11(2-5-13)7-8-21/h1-6,8-9H,7,10H2. The van der Waals surface area contributed by atoms with Gasteiger partial charge in [-0.05, 0) is 35.4 Å². The molecule has 0 N–H and O–H groups in total. The van der Waals surface area contributed by atoms with E-state index in [-0.39, 0.29) is 18.6 Å². The van der Waals surface area contributed by atoms with Crippen molar-refractivity contribution in [2.24, 2.45) is 0 Å². The highest BCUT2D eigenvalue weighted by Crippen LogP contribution is 2.32. The SMILES string of the molecule is O=CCc1ccc(OCc2ccc(F)c(C(F)(F)F)c2)cc1. The van der Waals surface area contributed by atoms with Crippen molar-refractivity contribution in [2.45, 2.75) is 19.2 Å². The molecule has 0 bridgehead atoms. The van der Waals surface area contributed by atoms with Crippen LogP contribution in [0.25, 0.3) is 0 Å². The van der Waals surface area contributed by atoms with Crippen molar-refractivity contribution in [3.63, 3.8) is 0 Å². The van der Waals surface area contributed by atoms with Gasteiger partial charge in [-0.25, -0.2) is 4.39 Å². The number of rotatable bonds is 5. The van der Waals surface area contributed by atoms with Crippen molar-refractivity contribution in [3.8, 4) is 5.75 Å². The normalized spacial score (nSPS) is 11.3. The van der Waals surface area contributed by atoms with Gasteiger partial charge in [0.2, 0.25) is 0 Å². The number of hydrogen-bond acceptors (Lipinski definition) is 2.